The topological polar surface area (TPSA) is 46.3 Å². The third-order valence-electron chi connectivity index (χ3n) is 2.05. The molecule has 0 bridgehead atoms. The van der Waals surface area contributed by atoms with Gasteiger partial charge in [-0.05, 0) is 24.3 Å². The number of nitrogens with zero attached hydrogens (tertiary/aromatic N) is 1. The van der Waals surface area contributed by atoms with Gasteiger partial charge in [0.15, 0.2) is 5.78 Å². The van der Waals surface area contributed by atoms with Crippen LogP contribution in [-0.4, -0.2) is 11.1 Å². The Bertz CT molecular complexity index is 398. The van der Waals surface area contributed by atoms with Gasteiger partial charge in [0, 0.05) is 29.9 Å². The molecule has 0 aliphatic rings. The van der Waals surface area contributed by atoms with Crippen molar-refractivity contribution in [2.24, 2.45) is 5.73 Å². The molecular weight excluding hydrogens is 268 g/mol. The number of anilines is 1. The van der Waals surface area contributed by atoms with Crippen LogP contribution in [0.15, 0.2) is 49.4 Å². The first kappa shape index (κ1) is 12.5. The van der Waals surface area contributed by atoms with Crippen molar-refractivity contribution in [3.63, 3.8) is 0 Å². The number of rotatable bonds is 5. The standard InChI is InChI=1S/C12H13BrN2O/c1-2-15(8-7-14)11-5-3-10(4-6-11)12(16)9-13/h2-8H,1,9,14H2/b8-7-. The minimum Gasteiger partial charge on any atom is -0.403 e. The SMILES string of the molecule is C=CN(/C=C\N)c1ccc(C(=O)CBr)cc1. The lowest BCUT2D eigenvalue weighted by molar-refractivity contribution is 0.102. The van der Waals surface area contributed by atoms with Crippen molar-refractivity contribution in [1.29, 1.82) is 0 Å². The molecule has 1 aromatic rings. The van der Waals surface area contributed by atoms with Gasteiger partial charge >= 0.3 is 0 Å². The van der Waals surface area contributed by atoms with Crippen LogP contribution in [0.5, 0.6) is 0 Å². The van der Waals surface area contributed by atoms with E-state index in [1.807, 2.05) is 12.1 Å². The van der Waals surface area contributed by atoms with Crippen molar-refractivity contribution in [2.75, 3.05) is 10.2 Å². The summed E-state index contributed by atoms with van der Waals surface area (Å²) >= 11 is 3.13. The summed E-state index contributed by atoms with van der Waals surface area (Å²) in [6.45, 7) is 3.67. The van der Waals surface area contributed by atoms with Crippen LogP contribution in [0, 0.1) is 0 Å². The van der Waals surface area contributed by atoms with Gasteiger partial charge in [0.1, 0.15) is 0 Å². The molecule has 0 fully saturated rings. The second kappa shape index (κ2) is 6.12. The van der Waals surface area contributed by atoms with Crippen molar-refractivity contribution in [3.05, 3.63) is 55.0 Å². The maximum absolute atomic E-state index is 11.4. The second-order valence-electron chi connectivity index (χ2n) is 3.04. The molecule has 0 spiro atoms. The number of halogens is 1. The minimum atomic E-state index is 0.0612. The number of ketones is 1. The fraction of sp³-hybridized carbons (Fsp3) is 0.0833. The molecule has 0 heterocycles. The molecule has 0 aliphatic heterocycles. The van der Waals surface area contributed by atoms with Gasteiger partial charge < -0.3 is 10.6 Å². The number of Topliss-reactive ketones (excluding diaryl/α,β-unsaturated/α-hetero) is 1. The fourth-order valence-corrected chi connectivity index (χ4v) is 1.57. The van der Waals surface area contributed by atoms with Crippen LogP contribution >= 0.6 is 15.9 Å². The lowest BCUT2D eigenvalue weighted by atomic mass is 10.1. The van der Waals surface area contributed by atoms with Crippen LogP contribution in [0.3, 0.4) is 0 Å². The Morgan fingerprint density at radius 1 is 1.44 bits per heavy atom. The zero-order chi connectivity index (χ0) is 12.0. The van der Waals surface area contributed by atoms with E-state index in [1.165, 1.54) is 6.20 Å². The maximum Gasteiger partial charge on any atom is 0.173 e. The fourth-order valence-electron chi connectivity index (χ4n) is 1.24. The Morgan fingerprint density at radius 2 is 2.06 bits per heavy atom. The van der Waals surface area contributed by atoms with E-state index in [4.69, 9.17) is 5.73 Å². The predicted molar refractivity (Wildman–Crippen MR) is 70.6 cm³/mol. The minimum absolute atomic E-state index is 0.0612. The summed E-state index contributed by atoms with van der Waals surface area (Å²) in [5, 5.41) is 0.334. The molecule has 16 heavy (non-hydrogen) atoms. The quantitative estimate of drug-likeness (QED) is 0.666. The van der Waals surface area contributed by atoms with Gasteiger partial charge in [-0.15, -0.1) is 0 Å². The third-order valence-corrected chi connectivity index (χ3v) is 2.56. The summed E-state index contributed by atoms with van der Waals surface area (Å²) in [5.74, 6) is 0.0612. The highest BCUT2D eigenvalue weighted by Gasteiger charge is 2.04. The van der Waals surface area contributed by atoms with Crippen LogP contribution in [0.25, 0.3) is 0 Å². The third kappa shape index (κ3) is 2.97. The van der Waals surface area contributed by atoms with Gasteiger partial charge in [-0.25, -0.2) is 0 Å². The first-order valence-corrected chi connectivity index (χ1v) is 5.83. The molecule has 1 rings (SSSR count). The Morgan fingerprint density at radius 3 is 2.50 bits per heavy atom. The number of carbonyl (C=O) groups is 1. The van der Waals surface area contributed by atoms with Crippen molar-refractivity contribution in [1.82, 2.24) is 0 Å². The highest BCUT2D eigenvalue weighted by atomic mass is 79.9. The van der Waals surface area contributed by atoms with Crippen LogP contribution in [0.4, 0.5) is 5.69 Å². The lowest BCUT2D eigenvalue weighted by Crippen LogP contribution is -2.07. The Kier molecular flexibility index (Phi) is 4.79. The van der Waals surface area contributed by atoms with Crippen molar-refractivity contribution >= 4 is 27.4 Å². The summed E-state index contributed by atoms with van der Waals surface area (Å²) in [4.78, 5) is 13.1. The maximum atomic E-state index is 11.4. The zero-order valence-corrected chi connectivity index (χ0v) is 10.4. The molecule has 84 valence electrons. The van der Waals surface area contributed by atoms with Gasteiger partial charge in [0.2, 0.25) is 0 Å². The first-order chi connectivity index (χ1) is 7.72. The van der Waals surface area contributed by atoms with Crippen molar-refractivity contribution < 1.29 is 4.79 Å². The molecule has 0 aromatic heterocycles. The average Bonchev–Trinajstić information content (AvgIpc) is 2.35. The first-order valence-electron chi connectivity index (χ1n) is 4.71. The van der Waals surface area contributed by atoms with E-state index in [0.717, 1.165) is 5.69 Å². The molecule has 0 atom stereocenters. The van der Waals surface area contributed by atoms with Gasteiger partial charge in [-0.1, -0.05) is 22.5 Å². The molecule has 0 unspecified atom stereocenters. The largest absolute Gasteiger partial charge is 0.403 e. The van der Waals surface area contributed by atoms with Crippen LogP contribution in [0.1, 0.15) is 10.4 Å². The number of benzene rings is 1. The van der Waals surface area contributed by atoms with Crippen molar-refractivity contribution in [2.45, 2.75) is 0 Å². The molecular formula is C12H13BrN2O. The van der Waals surface area contributed by atoms with E-state index in [9.17, 15) is 4.79 Å². The van der Waals surface area contributed by atoms with Crippen LogP contribution in [-0.2, 0) is 0 Å². The van der Waals surface area contributed by atoms with Gasteiger partial charge in [0.25, 0.3) is 0 Å². The van der Waals surface area contributed by atoms with Crippen LogP contribution < -0.4 is 10.6 Å². The number of hydrogen-bond donors (Lipinski definition) is 1. The summed E-state index contributed by atoms with van der Waals surface area (Å²) in [6.07, 6.45) is 4.76. The number of nitrogens with two attached hydrogens (primary N) is 1. The monoisotopic (exact) mass is 280 g/mol. The van der Waals surface area contributed by atoms with Gasteiger partial charge in [-0.2, -0.15) is 0 Å². The Balaban J connectivity index is 2.93. The number of alkyl halides is 1. The Labute approximate surface area is 103 Å². The summed E-state index contributed by atoms with van der Waals surface area (Å²) in [6, 6.07) is 7.24. The van der Waals surface area contributed by atoms with E-state index in [1.54, 1.807) is 29.4 Å². The zero-order valence-electron chi connectivity index (χ0n) is 8.77. The van der Waals surface area contributed by atoms with E-state index in [0.29, 0.717) is 10.9 Å². The van der Waals surface area contributed by atoms with E-state index >= 15 is 0 Å². The summed E-state index contributed by atoms with van der Waals surface area (Å²) in [5.41, 5.74) is 6.90. The number of hydrogen-bond acceptors (Lipinski definition) is 3. The second-order valence-corrected chi connectivity index (χ2v) is 3.60. The lowest BCUT2D eigenvalue weighted by Gasteiger charge is -2.14. The Hall–Kier alpha value is -1.55. The van der Waals surface area contributed by atoms with Crippen LogP contribution in [0.2, 0.25) is 0 Å². The molecule has 0 amide bonds. The average molecular weight is 281 g/mol. The van der Waals surface area contributed by atoms with E-state index < -0.39 is 0 Å². The molecule has 4 heteroatoms. The normalized spacial score (nSPS) is 10.3. The van der Waals surface area contributed by atoms with Gasteiger partial charge in [-0.3, -0.25) is 4.79 Å². The molecule has 0 saturated carbocycles. The van der Waals surface area contributed by atoms with Gasteiger partial charge in [0.05, 0.1) is 5.33 Å². The molecule has 3 nitrogen and oxygen atoms in total. The summed E-state index contributed by atoms with van der Waals surface area (Å²) < 4.78 is 0. The predicted octanol–water partition coefficient (Wildman–Crippen LogP) is 2.64. The summed E-state index contributed by atoms with van der Waals surface area (Å²) in [7, 11) is 0. The highest BCUT2D eigenvalue weighted by molar-refractivity contribution is 9.09. The number of carbonyl (C=O) groups excluding carboxylic acids is 1. The highest BCUT2D eigenvalue weighted by Crippen LogP contribution is 2.16. The van der Waals surface area contributed by atoms with Crippen molar-refractivity contribution in [3.8, 4) is 0 Å². The molecule has 1 aromatic carbocycles. The molecule has 0 saturated heterocycles. The smallest absolute Gasteiger partial charge is 0.173 e. The molecule has 0 aliphatic carbocycles. The molecule has 2 N–H and O–H groups in total. The molecule has 0 radical (unpaired) electrons. The van der Waals surface area contributed by atoms with E-state index in [-0.39, 0.29) is 5.78 Å². The van der Waals surface area contributed by atoms with E-state index in [2.05, 4.69) is 22.5 Å².